The summed E-state index contributed by atoms with van der Waals surface area (Å²) in [6.45, 7) is 0. The van der Waals surface area contributed by atoms with E-state index in [9.17, 15) is 22.0 Å². The van der Waals surface area contributed by atoms with Crippen LogP contribution in [0.25, 0.3) is 0 Å². The molecule has 0 aliphatic heterocycles. The first-order valence-corrected chi connectivity index (χ1v) is 3.59. The second kappa shape index (κ2) is 3.87. The number of nitrogens with two attached hydrogens (primary N) is 1. The standard InChI is InChI=1S/C7H5F5N2O/c8-6(9)3-2-14-5(13)1-4(3)15-7(10,11)12/h1-2,6H,(H2,13,14). The monoisotopic (exact) mass is 228 g/mol. The molecule has 0 bridgehead atoms. The molecule has 84 valence electrons. The van der Waals surface area contributed by atoms with Gasteiger partial charge in [0.1, 0.15) is 11.6 Å². The van der Waals surface area contributed by atoms with Crippen LogP contribution in [0.4, 0.5) is 27.8 Å². The van der Waals surface area contributed by atoms with Crippen LogP contribution in [0.2, 0.25) is 0 Å². The lowest BCUT2D eigenvalue weighted by Crippen LogP contribution is -2.18. The van der Waals surface area contributed by atoms with Gasteiger partial charge in [0.2, 0.25) is 0 Å². The molecule has 0 saturated heterocycles. The van der Waals surface area contributed by atoms with Crippen molar-refractivity contribution in [2.45, 2.75) is 12.8 Å². The normalized spacial score (nSPS) is 11.9. The van der Waals surface area contributed by atoms with Crippen LogP contribution in [0.3, 0.4) is 0 Å². The van der Waals surface area contributed by atoms with E-state index in [1.165, 1.54) is 0 Å². The fourth-order valence-electron chi connectivity index (χ4n) is 0.840. The van der Waals surface area contributed by atoms with E-state index in [0.717, 1.165) is 0 Å². The zero-order valence-electron chi connectivity index (χ0n) is 7.05. The van der Waals surface area contributed by atoms with Crippen molar-refractivity contribution >= 4 is 5.82 Å². The van der Waals surface area contributed by atoms with Crippen LogP contribution >= 0.6 is 0 Å². The first kappa shape index (κ1) is 11.5. The van der Waals surface area contributed by atoms with Crippen molar-refractivity contribution in [3.8, 4) is 5.75 Å². The molecule has 0 aromatic carbocycles. The molecule has 0 spiro atoms. The fourth-order valence-corrected chi connectivity index (χ4v) is 0.840. The maximum Gasteiger partial charge on any atom is 0.573 e. The number of anilines is 1. The summed E-state index contributed by atoms with van der Waals surface area (Å²) in [5.41, 5.74) is 4.09. The van der Waals surface area contributed by atoms with Crippen molar-refractivity contribution in [3.05, 3.63) is 17.8 Å². The zero-order valence-corrected chi connectivity index (χ0v) is 7.05. The van der Waals surface area contributed by atoms with Crippen molar-refractivity contribution < 1.29 is 26.7 Å². The summed E-state index contributed by atoms with van der Waals surface area (Å²) in [7, 11) is 0. The Morgan fingerprint density at radius 3 is 2.40 bits per heavy atom. The first-order valence-electron chi connectivity index (χ1n) is 3.59. The third-order valence-electron chi connectivity index (χ3n) is 1.38. The number of halogens is 5. The average molecular weight is 228 g/mol. The average Bonchev–Trinajstić information content (AvgIpc) is 1.99. The van der Waals surface area contributed by atoms with Gasteiger partial charge in [-0.1, -0.05) is 0 Å². The molecule has 0 saturated carbocycles. The molecule has 0 unspecified atom stereocenters. The summed E-state index contributed by atoms with van der Waals surface area (Å²) < 4.78 is 63.2. The van der Waals surface area contributed by atoms with E-state index in [-0.39, 0.29) is 5.82 Å². The predicted octanol–water partition coefficient (Wildman–Crippen LogP) is 2.50. The largest absolute Gasteiger partial charge is 0.573 e. The number of hydrogen-bond acceptors (Lipinski definition) is 3. The number of rotatable bonds is 2. The molecule has 15 heavy (non-hydrogen) atoms. The molecular weight excluding hydrogens is 223 g/mol. The highest BCUT2D eigenvalue weighted by molar-refractivity contribution is 5.42. The van der Waals surface area contributed by atoms with Gasteiger partial charge < -0.3 is 10.5 Å². The second-order valence-electron chi connectivity index (χ2n) is 2.50. The Morgan fingerprint density at radius 1 is 1.33 bits per heavy atom. The number of hydrogen-bond donors (Lipinski definition) is 1. The molecular formula is C7H5F5N2O. The molecule has 0 radical (unpaired) electrons. The summed E-state index contributed by atoms with van der Waals surface area (Å²) in [6.07, 6.45) is -7.62. The van der Waals surface area contributed by atoms with Crippen LogP contribution in [0, 0.1) is 0 Å². The maximum absolute atomic E-state index is 12.2. The second-order valence-corrected chi connectivity index (χ2v) is 2.50. The summed E-state index contributed by atoms with van der Waals surface area (Å²) >= 11 is 0. The number of nitrogens with zero attached hydrogens (tertiary/aromatic N) is 1. The van der Waals surface area contributed by atoms with Crippen molar-refractivity contribution in [2.24, 2.45) is 0 Å². The lowest BCUT2D eigenvalue weighted by molar-refractivity contribution is -0.275. The highest BCUT2D eigenvalue weighted by atomic mass is 19.4. The number of pyridine rings is 1. The van der Waals surface area contributed by atoms with E-state index in [2.05, 4.69) is 9.72 Å². The third-order valence-corrected chi connectivity index (χ3v) is 1.38. The molecule has 0 aliphatic rings. The van der Waals surface area contributed by atoms with Crippen LogP contribution in [0.1, 0.15) is 12.0 Å². The minimum atomic E-state index is -5.04. The molecule has 1 aromatic rings. The Kier molecular flexibility index (Phi) is 2.96. The molecule has 0 atom stereocenters. The predicted molar refractivity (Wildman–Crippen MR) is 40.3 cm³/mol. The maximum atomic E-state index is 12.2. The molecule has 0 fully saturated rings. The molecule has 1 aromatic heterocycles. The Morgan fingerprint density at radius 2 is 1.93 bits per heavy atom. The van der Waals surface area contributed by atoms with E-state index < -0.39 is 24.1 Å². The Balaban J connectivity index is 3.08. The molecule has 1 rings (SSSR count). The number of alkyl halides is 5. The highest BCUT2D eigenvalue weighted by Crippen LogP contribution is 2.33. The van der Waals surface area contributed by atoms with E-state index in [0.29, 0.717) is 12.3 Å². The quantitative estimate of drug-likeness (QED) is 0.791. The minimum absolute atomic E-state index is 0.335. The Labute approximate surface area is 80.7 Å². The van der Waals surface area contributed by atoms with E-state index in [1.54, 1.807) is 0 Å². The topological polar surface area (TPSA) is 48.1 Å². The van der Waals surface area contributed by atoms with Gasteiger partial charge in [0, 0.05) is 12.3 Å². The zero-order chi connectivity index (χ0) is 11.6. The number of ether oxygens (including phenoxy) is 1. The summed E-state index contributed by atoms with van der Waals surface area (Å²) in [4.78, 5) is 3.24. The molecule has 1 heterocycles. The summed E-state index contributed by atoms with van der Waals surface area (Å²) in [5.74, 6) is -1.37. The molecule has 3 nitrogen and oxygen atoms in total. The van der Waals surface area contributed by atoms with Crippen LogP contribution in [0.5, 0.6) is 5.75 Å². The fraction of sp³-hybridized carbons (Fsp3) is 0.286. The van der Waals surface area contributed by atoms with Gasteiger partial charge in [0.15, 0.2) is 0 Å². The highest BCUT2D eigenvalue weighted by Gasteiger charge is 2.33. The van der Waals surface area contributed by atoms with Crippen LogP contribution in [-0.4, -0.2) is 11.3 Å². The van der Waals surface area contributed by atoms with Crippen LogP contribution in [-0.2, 0) is 0 Å². The van der Waals surface area contributed by atoms with Crippen LogP contribution < -0.4 is 10.5 Å². The minimum Gasteiger partial charge on any atom is -0.405 e. The van der Waals surface area contributed by atoms with Crippen LogP contribution in [0.15, 0.2) is 12.3 Å². The molecule has 8 heteroatoms. The van der Waals surface area contributed by atoms with Gasteiger partial charge in [-0.15, -0.1) is 13.2 Å². The number of aromatic nitrogens is 1. The Hall–Kier alpha value is -1.60. The van der Waals surface area contributed by atoms with Gasteiger partial charge in [0.05, 0.1) is 5.56 Å². The van der Waals surface area contributed by atoms with Crippen molar-refractivity contribution in [1.82, 2.24) is 4.98 Å². The van der Waals surface area contributed by atoms with Gasteiger partial charge in [-0.2, -0.15) is 0 Å². The molecule has 2 N–H and O–H groups in total. The van der Waals surface area contributed by atoms with Crippen molar-refractivity contribution in [1.29, 1.82) is 0 Å². The third kappa shape index (κ3) is 3.22. The number of nitrogen functional groups attached to an aromatic ring is 1. The van der Waals surface area contributed by atoms with Gasteiger partial charge in [-0.25, -0.2) is 13.8 Å². The van der Waals surface area contributed by atoms with Crippen molar-refractivity contribution in [2.75, 3.05) is 5.73 Å². The van der Waals surface area contributed by atoms with E-state index >= 15 is 0 Å². The smallest absolute Gasteiger partial charge is 0.405 e. The molecule has 0 aliphatic carbocycles. The molecule has 0 amide bonds. The lowest BCUT2D eigenvalue weighted by atomic mass is 10.2. The first-order chi connectivity index (χ1) is 6.79. The van der Waals surface area contributed by atoms with Crippen molar-refractivity contribution in [3.63, 3.8) is 0 Å². The van der Waals surface area contributed by atoms with Gasteiger partial charge in [0.25, 0.3) is 6.43 Å². The van der Waals surface area contributed by atoms with Gasteiger partial charge >= 0.3 is 6.36 Å². The SMILES string of the molecule is Nc1cc(OC(F)(F)F)c(C(F)F)cn1. The van der Waals surface area contributed by atoms with E-state index in [4.69, 9.17) is 5.73 Å². The van der Waals surface area contributed by atoms with Gasteiger partial charge in [-0.3, -0.25) is 0 Å². The summed E-state index contributed by atoms with van der Waals surface area (Å²) in [6, 6.07) is 0.592. The Bertz CT molecular complexity index is 352. The lowest BCUT2D eigenvalue weighted by Gasteiger charge is -2.12. The van der Waals surface area contributed by atoms with Gasteiger partial charge in [-0.05, 0) is 0 Å². The van der Waals surface area contributed by atoms with E-state index in [1.807, 2.05) is 0 Å². The summed E-state index contributed by atoms with van der Waals surface area (Å²) in [5, 5.41) is 0.